The van der Waals surface area contributed by atoms with Crippen molar-refractivity contribution in [3.8, 4) is 5.75 Å². The number of carbonyl (C=O) groups is 1. The number of hydrogen-bond acceptors (Lipinski definition) is 3. The van der Waals surface area contributed by atoms with Crippen molar-refractivity contribution in [2.24, 2.45) is 0 Å². The van der Waals surface area contributed by atoms with Gasteiger partial charge < -0.3 is 14.0 Å². The highest BCUT2D eigenvalue weighted by Gasteiger charge is 2.21. The van der Waals surface area contributed by atoms with Crippen molar-refractivity contribution >= 4 is 43.2 Å². The van der Waals surface area contributed by atoms with Crippen LogP contribution in [0.25, 0.3) is 5.52 Å². The number of benzene rings is 1. The molecule has 0 radical (unpaired) electrons. The Morgan fingerprint density at radius 2 is 1.77 bits per heavy atom. The summed E-state index contributed by atoms with van der Waals surface area (Å²) in [7, 11) is 0. The molecular formula is C25H30Br2N2O2. The van der Waals surface area contributed by atoms with Crippen LogP contribution in [0.4, 0.5) is 0 Å². The highest BCUT2D eigenvalue weighted by Crippen LogP contribution is 2.36. The van der Waals surface area contributed by atoms with E-state index in [9.17, 15) is 4.79 Å². The molecule has 0 atom stereocenters. The van der Waals surface area contributed by atoms with Crippen molar-refractivity contribution < 1.29 is 9.53 Å². The van der Waals surface area contributed by atoms with Crippen LogP contribution in [0.1, 0.15) is 55.2 Å². The number of aryl methyl sites for hydroxylation is 1. The Morgan fingerprint density at radius 1 is 1.06 bits per heavy atom. The number of nitrogens with zero attached hydrogens (tertiary/aromatic N) is 2. The second-order valence-corrected chi connectivity index (χ2v) is 9.30. The van der Waals surface area contributed by atoms with Crippen LogP contribution >= 0.6 is 31.9 Å². The van der Waals surface area contributed by atoms with Gasteiger partial charge in [0.2, 0.25) is 5.78 Å². The minimum Gasteiger partial charge on any atom is -0.491 e. The highest BCUT2D eigenvalue weighted by molar-refractivity contribution is 9.11. The fourth-order valence-corrected chi connectivity index (χ4v) is 5.28. The third-order valence-corrected chi connectivity index (χ3v) is 6.69. The Hall–Kier alpha value is -1.63. The summed E-state index contributed by atoms with van der Waals surface area (Å²) in [6, 6.07) is 11.8. The Bertz CT molecular complexity index is 1020. The maximum atomic E-state index is 13.5. The molecule has 0 aliphatic heterocycles. The van der Waals surface area contributed by atoms with Crippen LogP contribution in [0, 0.1) is 0 Å². The molecule has 166 valence electrons. The third kappa shape index (κ3) is 5.60. The van der Waals surface area contributed by atoms with Gasteiger partial charge in [-0.1, -0.05) is 33.3 Å². The molecule has 0 aliphatic carbocycles. The van der Waals surface area contributed by atoms with Gasteiger partial charge in [-0.25, -0.2) is 0 Å². The Labute approximate surface area is 201 Å². The van der Waals surface area contributed by atoms with Crippen LogP contribution in [0.3, 0.4) is 0 Å². The molecule has 6 heteroatoms. The molecule has 0 unspecified atom stereocenters. The first kappa shape index (κ1) is 24.0. The highest BCUT2D eigenvalue weighted by atomic mass is 79.9. The zero-order valence-electron chi connectivity index (χ0n) is 18.5. The summed E-state index contributed by atoms with van der Waals surface area (Å²) in [5, 5.41) is 0. The minimum absolute atomic E-state index is 0.0177. The van der Waals surface area contributed by atoms with Gasteiger partial charge in [0, 0.05) is 23.8 Å². The van der Waals surface area contributed by atoms with Gasteiger partial charge in [-0.05, 0) is 93.7 Å². The van der Waals surface area contributed by atoms with E-state index in [1.165, 1.54) is 0 Å². The number of halogens is 2. The molecule has 31 heavy (non-hydrogen) atoms. The van der Waals surface area contributed by atoms with Crippen LogP contribution in [0.15, 0.2) is 51.5 Å². The number of aromatic nitrogens is 1. The molecular weight excluding hydrogens is 520 g/mol. The summed E-state index contributed by atoms with van der Waals surface area (Å²) in [6.45, 7) is 10.2. The molecule has 0 fully saturated rings. The maximum Gasteiger partial charge on any atom is 0.210 e. The number of rotatable bonds is 11. The zero-order chi connectivity index (χ0) is 22.4. The quantitative estimate of drug-likeness (QED) is 0.196. The first-order valence-corrected chi connectivity index (χ1v) is 12.6. The van der Waals surface area contributed by atoms with E-state index in [1.807, 2.05) is 40.9 Å². The van der Waals surface area contributed by atoms with Gasteiger partial charge in [-0.15, -0.1) is 0 Å². The smallest absolute Gasteiger partial charge is 0.210 e. The van der Waals surface area contributed by atoms with Crippen molar-refractivity contribution in [2.75, 3.05) is 26.2 Å². The number of ketones is 1. The normalized spacial score (nSPS) is 11.4. The summed E-state index contributed by atoms with van der Waals surface area (Å²) in [4.78, 5) is 15.9. The van der Waals surface area contributed by atoms with Crippen molar-refractivity contribution in [3.63, 3.8) is 0 Å². The molecule has 0 spiro atoms. The molecule has 3 aromatic rings. The lowest BCUT2D eigenvalue weighted by molar-refractivity contribution is 0.103. The van der Waals surface area contributed by atoms with Crippen LogP contribution in [-0.2, 0) is 6.42 Å². The second kappa shape index (κ2) is 11.3. The van der Waals surface area contributed by atoms with Gasteiger partial charge in [0.15, 0.2) is 0 Å². The molecule has 2 heterocycles. The lowest BCUT2D eigenvalue weighted by Crippen LogP contribution is -2.25. The van der Waals surface area contributed by atoms with Crippen LogP contribution in [0.2, 0.25) is 0 Å². The van der Waals surface area contributed by atoms with E-state index < -0.39 is 0 Å². The predicted octanol–water partition coefficient (Wildman–Crippen LogP) is 6.76. The van der Waals surface area contributed by atoms with E-state index in [2.05, 4.69) is 63.6 Å². The Kier molecular flexibility index (Phi) is 8.76. The summed E-state index contributed by atoms with van der Waals surface area (Å²) in [5.41, 5.74) is 3.50. The van der Waals surface area contributed by atoms with E-state index in [-0.39, 0.29) is 5.78 Å². The van der Waals surface area contributed by atoms with E-state index in [0.717, 1.165) is 70.4 Å². The molecule has 0 N–H and O–H groups in total. The number of fused-ring (bicyclic) bond motifs is 1. The van der Waals surface area contributed by atoms with Gasteiger partial charge in [0.05, 0.1) is 21.2 Å². The van der Waals surface area contributed by atoms with Gasteiger partial charge in [0.25, 0.3) is 0 Å². The molecule has 0 aliphatic rings. The SMILES string of the molecule is CCCc1cc2ccccn2c1C(=O)c1cc(Br)c(OCCCN(CC)CC)c(Br)c1. The van der Waals surface area contributed by atoms with Gasteiger partial charge in [0.1, 0.15) is 5.75 Å². The standard InChI is InChI=1S/C25H30Br2N2O2/c1-4-10-18-15-20-11-7-8-13-29(20)23(18)24(30)19-16-21(26)25(22(27)17-19)31-14-9-12-28(5-2)6-3/h7-8,11,13,15-17H,4-6,9-10,12,14H2,1-3H3. The van der Waals surface area contributed by atoms with Crippen molar-refractivity contribution in [3.05, 3.63) is 68.4 Å². The summed E-state index contributed by atoms with van der Waals surface area (Å²) in [6.07, 6.45) is 4.78. The number of ether oxygens (including phenoxy) is 1. The summed E-state index contributed by atoms with van der Waals surface area (Å²) in [5.74, 6) is 0.758. The lowest BCUT2D eigenvalue weighted by atomic mass is 10.0. The zero-order valence-corrected chi connectivity index (χ0v) is 21.6. The average molecular weight is 550 g/mol. The first-order chi connectivity index (χ1) is 15.0. The summed E-state index contributed by atoms with van der Waals surface area (Å²) >= 11 is 7.23. The van der Waals surface area contributed by atoms with Crippen molar-refractivity contribution in [1.29, 1.82) is 0 Å². The van der Waals surface area contributed by atoms with Crippen LogP contribution in [-0.4, -0.2) is 41.3 Å². The third-order valence-electron chi connectivity index (χ3n) is 5.51. The van der Waals surface area contributed by atoms with E-state index in [1.54, 1.807) is 0 Å². The van der Waals surface area contributed by atoms with Crippen LogP contribution in [0.5, 0.6) is 5.75 Å². The van der Waals surface area contributed by atoms with Crippen LogP contribution < -0.4 is 4.74 Å². The second-order valence-electron chi connectivity index (χ2n) is 7.59. The maximum absolute atomic E-state index is 13.5. The molecule has 0 saturated heterocycles. The van der Waals surface area contributed by atoms with Gasteiger partial charge in [-0.2, -0.15) is 0 Å². The molecule has 0 bridgehead atoms. The number of pyridine rings is 1. The molecule has 0 saturated carbocycles. The summed E-state index contributed by atoms with van der Waals surface area (Å²) < 4.78 is 9.59. The largest absolute Gasteiger partial charge is 0.491 e. The lowest BCUT2D eigenvalue weighted by Gasteiger charge is -2.18. The monoisotopic (exact) mass is 548 g/mol. The van der Waals surface area contributed by atoms with Gasteiger partial charge in [-0.3, -0.25) is 4.79 Å². The molecule has 2 aromatic heterocycles. The molecule has 0 amide bonds. The molecule has 4 nitrogen and oxygen atoms in total. The van der Waals surface area contributed by atoms with E-state index in [0.29, 0.717) is 12.2 Å². The number of carbonyl (C=O) groups excluding carboxylic acids is 1. The minimum atomic E-state index is 0.0177. The molecule has 3 rings (SSSR count). The van der Waals surface area contributed by atoms with Crippen molar-refractivity contribution in [1.82, 2.24) is 9.30 Å². The Balaban J connectivity index is 1.82. The fourth-order valence-electron chi connectivity index (χ4n) is 3.86. The fraction of sp³-hybridized carbons (Fsp3) is 0.400. The number of hydrogen-bond donors (Lipinski definition) is 0. The Morgan fingerprint density at radius 3 is 2.42 bits per heavy atom. The van der Waals surface area contributed by atoms with E-state index >= 15 is 0 Å². The van der Waals surface area contributed by atoms with E-state index in [4.69, 9.17) is 4.74 Å². The molecule has 1 aromatic carbocycles. The topological polar surface area (TPSA) is 34.0 Å². The first-order valence-electron chi connectivity index (χ1n) is 11.0. The average Bonchev–Trinajstić information content (AvgIpc) is 3.13. The van der Waals surface area contributed by atoms with Crippen molar-refractivity contribution in [2.45, 2.75) is 40.0 Å². The predicted molar refractivity (Wildman–Crippen MR) is 135 cm³/mol. The van der Waals surface area contributed by atoms with Gasteiger partial charge >= 0.3 is 0 Å².